The summed E-state index contributed by atoms with van der Waals surface area (Å²) in [7, 11) is -3.65. The van der Waals surface area contributed by atoms with Crippen LogP contribution in [0.25, 0.3) is 0 Å². The van der Waals surface area contributed by atoms with Crippen LogP contribution in [0.2, 0.25) is 0 Å². The van der Waals surface area contributed by atoms with Crippen LogP contribution in [0.1, 0.15) is 73.4 Å². The largest absolute Gasteiger partial charge is 0.349 e. The van der Waals surface area contributed by atoms with E-state index >= 15 is 0 Å². The van der Waals surface area contributed by atoms with Crippen LogP contribution >= 0.6 is 0 Å². The Balaban J connectivity index is 1.54. The van der Waals surface area contributed by atoms with E-state index in [0.717, 1.165) is 24.0 Å². The second kappa shape index (κ2) is 9.03. The molecule has 0 saturated heterocycles. The lowest BCUT2D eigenvalue weighted by Crippen LogP contribution is -2.36. The molecule has 2 aliphatic rings. The minimum absolute atomic E-state index is 0.0548. The third kappa shape index (κ3) is 4.64. The Morgan fingerprint density at radius 1 is 0.968 bits per heavy atom. The summed E-state index contributed by atoms with van der Waals surface area (Å²) in [5.41, 5.74) is 3.22. The first-order valence-corrected chi connectivity index (χ1v) is 12.8. The fourth-order valence-electron chi connectivity index (χ4n) is 4.80. The number of rotatable bonds is 4. The van der Waals surface area contributed by atoms with Crippen LogP contribution in [0.4, 0.5) is 5.69 Å². The topological polar surface area (TPSA) is 66.5 Å². The molecule has 1 N–H and O–H groups in total. The summed E-state index contributed by atoms with van der Waals surface area (Å²) in [4.78, 5) is 13.2. The van der Waals surface area contributed by atoms with Gasteiger partial charge in [-0.15, -0.1) is 0 Å². The summed E-state index contributed by atoms with van der Waals surface area (Å²) in [5, 5.41) is 3.21. The number of hydrogen-bond acceptors (Lipinski definition) is 3. The van der Waals surface area contributed by atoms with Crippen LogP contribution in [-0.2, 0) is 16.4 Å². The number of benzene rings is 2. The summed E-state index contributed by atoms with van der Waals surface area (Å²) in [6.07, 6.45) is 8.79. The molecule has 4 rings (SSSR count). The lowest BCUT2D eigenvalue weighted by atomic mass is 9.96. The number of hydrogen-bond donors (Lipinski definition) is 1. The Morgan fingerprint density at radius 3 is 2.29 bits per heavy atom. The smallest absolute Gasteiger partial charge is 0.264 e. The highest BCUT2D eigenvalue weighted by Gasteiger charge is 2.36. The zero-order valence-corrected chi connectivity index (χ0v) is 19.2. The monoisotopic (exact) mass is 440 g/mol. The van der Waals surface area contributed by atoms with Gasteiger partial charge >= 0.3 is 0 Å². The van der Waals surface area contributed by atoms with Gasteiger partial charge in [-0.3, -0.25) is 9.10 Å². The zero-order chi connectivity index (χ0) is 22.0. The van der Waals surface area contributed by atoms with Crippen molar-refractivity contribution in [2.75, 3.05) is 4.31 Å². The number of fused-ring (bicyclic) bond motifs is 1. The molecule has 1 aliphatic carbocycles. The number of aryl methyl sites for hydroxylation is 1. The molecule has 166 valence electrons. The number of carbonyl (C=O) groups is 1. The van der Waals surface area contributed by atoms with E-state index in [1.807, 2.05) is 32.0 Å². The summed E-state index contributed by atoms with van der Waals surface area (Å²) in [6, 6.07) is 12.4. The van der Waals surface area contributed by atoms with Crippen molar-refractivity contribution < 1.29 is 13.2 Å². The predicted molar refractivity (Wildman–Crippen MR) is 124 cm³/mol. The van der Waals surface area contributed by atoms with Crippen LogP contribution in [-0.4, -0.2) is 26.4 Å². The molecule has 2 aromatic rings. The minimum atomic E-state index is -3.65. The second-order valence-corrected chi connectivity index (χ2v) is 10.8. The third-order valence-electron chi connectivity index (χ3n) is 6.51. The molecule has 1 heterocycles. The van der Waals surface area contributed by atoms with E-state index in [1.165, 1.54) is 36.4 Å². The molecule has 0 bridgehead atoms. The first-order valence-electron chi connectivity index (χ1n) is 11.4. The molecule has 6 heteroatoms. The van der Waals surface area contributed by atoms with E-state index in [0.29, 0.717) is 22.6 Å². The van der Waals surface area contributed by atoms with Crippen molar-refractivity contribution in [2.24, 2.45) is 0 Å². The van der Waals surface area contributed by atoms with Crippen LogP contribution < -0.4 is 9.62 Å². The highest BCUT2D eigenvalue weighted by molar-refractivity contribution is 7.92. The van der Waals surface area contributed by atoms with Crippen LogP contribution in [0.15, 0.2) is 47.4 Å². The fourth-order valence-corrected chi connectivity index (χ4v) is 6.50. The normalized spacial score (nSPS) is 20.1. The van der Waals surface area contributed by atoms with Crippen molar-refractivity contribution in [1.82, 2.24) is 5.32 Å². The fraction of sp³-hybridized carbons (Fsp3) is 0.480. The lowest BCUT2D eigenvalue weighted by Gasteiger charge is -2.24. The highest BCUT2D eigenvalue weighted by atomic mass is 32.2. The van der Waals surface area contributed by atoms with E-state index in [-0.39, 0.29) is 18.0 Å². The average Bonchev–Trinajstić information content (AvgIpc) is 3.05. The summed E-state index contributed by atoms with van der Waals surface area (Å²) in [6.45, 7) is 3.85. The van der Waals surface area contributed by atoms with Gasteiger partial charge in [0.15, 0.2) is 0 Å². The molecule has 1 amide bonds. The molecule has 1 aliphatic heterocycles. The molecular formula is C25H32N2O3S. The summed E-state index contributed by atoms with van der Waals surface area (Å²) in [5.74, 6) is -0.0548. The van der Waals surface area contributed by atoms with Gasteiger partial charge in [-0.25, -0.2) is 8.42 Å². The molecule has 1 saturated carbocycles. The van der Waals surface area contributed by atoms with Gasteiger partial charge in [0.05, 0.1) is 10.6 Å². The van der Waals surface area contributed by atoms with Gasteiger partial charge in [0.25, 0.3) is 15.9 Å². The SMILES string of the molecule is Cc1ccc(S(=O)(=O)N2c3ccc(C(=O)NC4CCCCCCC4)cc3C[C@H]2C)cc1. The molecule has 0 radical (unpaired) electrons. The van der Waals surface area contributed by atoms with Crippen molar-refractivity contribution in [3.8, 4) is 0 Å². The van der Waals surface area contributed by atoms with Gasteiger partial charge in [0.2, 0.25) is 0 Å². The zero-order valence-electron chi connectivity index (χ0n) is 18.4. The van der Waals surface area contributed by atoms with Gasteiger partial charge in [0, 0.05) is 17.6 Å². The van der Waals surface area contributed by atoms with Crippen molar-refractivity contribution in [3.05, 3.63) is 59.2 Å². The van der Waals surface area contributed by atoms with Gasteiger partial charge in [0.1, 0.15) is 0 Å². The standard InChI is InChI=1S/C25H32N2O3S/c1-18-10-13-23(14-11-18)31(29,30)27-19(2)16-21-17-20(12-15-24(21)27)25(28)26-22-8-6-4-3-5-7-9-22/h10-15,17,19,22H,3-9,16H2,1-2H3,(H,26,28)/t19-/m1/s1. The summed E-state index contributed by atoms with van der Waals surface area (Å²) >= 11 is 0. The predicted octanol–water partition coefficient (Wildman–Crippen LogP) is 4.98. The minimum Gasteiger partial charge on any atom is -0.349 e. The Kier molecular flexibility index (Phi) is 6.37. The van der Waals surface area contributed by atoms with Gasteiger partial charge in [-0.2, -0.15) is 0 Å². The second-order valence-electron chi connectivity index (χ2n) is 9.03. The quantitative estimate of drug-likeness (QED) is 0.729. The van der Waals surface area contributed by atoms with E-state index in [4.69, 9.17) is 0 Å². The highest BCUT2D eigenvalue weighted by Crippen LogP contribution is 2.37. The Morgan fingerprint density at radius 2 is 1.61 bits per heavy atom. The molecule has 31 heavy (non-hydrogen) atoms. The van der Waals surface area contributed by atoms with Gasteiger partial charge in [-0.05, 0) is 69.0 Å². The Hall–Kier alpha value is -2.34. The molecule has 1 fully saturated rings. The molecule has 1 atom stereocenters. The summed E-state index contributed by atoms with van der Waals surface area (Å²) < 4.78 is 28.1. The van der Waals surface area contributed by atoms with Crippen LogP contribution in [0.3, 0.4) is 0 Å². The number of amides is 1. The average molecular weight is 441 g/mol. The van der Waals surface area contributed by atoms with Crippen molar-refractivity contribution in [1.29, 1.82) is 0 Å². The van der Waals surface area contributed by atoms with Crippen molar-refractivity contribution in [2.45, 2.75) is 82.2 Å². The molecule has 0 unspecified atom stereocenters. The molecular weight excluding hydrogens is 408 g/mol. The first-order chi connectivity index (χ1) is 14.9. The number of sulfonamides is 1. The van der Waals surface area contributed by atoms with E-state index in [9.17, 15) is 13.2 Å². The van der Waals surface area contributed by atoms with Crippen molar-refractivity contribution in [3.63, 3.8) is 0 Å². The molecule has 0 spiro atoms. The maximum absolute atomic E-state index is 13.3. The van der Waals surface area contributed by atoms with Gasteiger partial charge < -0.3 is 5.32 Å². The maximum Gasteiger partial charge on any atom is 0.264 e. The lowest BCUT2D eigenvalue weighted by molar-refractivity contribution is 0.0930. The van der Waals surface area contributed by atoms with Crippen molar-refractivity contribution >= 4 is 21.6 Å². The Bertz CT molecular complexity index is 1040. The number of anilines is 1. The van der Waals surface area contributed by atoms with Crippen LogP contribution in [0, 0.1) is 6.92 Å². The Labute approximate surface area is 185 Å². The third-order valence-corrected chi connectivity index (χ3v) is 8.46. The van der Waals surface area contributed by atoms with E-state index in [2.05, 4.69) is 5.32 Å². The number of nitrogens with one attached hydrogen (secondary N) is 1. The number of nitrogens with zero attached hydrogens (tertiary/aromatic N) is 1. The number of carbonyl (C=O) groups excluding carboxylic acids is 1. The first kappa shape index (κ1) is 21.9. The van der Waals surface area contributed by atoms with E-state index in [1.54, 1.807) is 24.3 Å². The molecule has 5 nitrogen and oxygen atoms in total. The molecule has 2 aromatic carbocycles. The maximum atomic E-state index is 13.3. The molecule has 0 aromatic heterocycles. The van der Waals surface area contributed by atoms with Crippen LogP contribution in [0.5, 0.6) is 0 Å². The van der Waals surface area contributed by atoms with Gasteiger partial charge in [-0.1, -0.05) is 49.8 Å². The van der Waals surface area contributed by atoms with E-state index < -0.39 is 10.0 Å².